The van der Waals surface area contributed by atoms with Crippen LogP contribution in [0, 0.1) is 0 Å². The van der Waals surface area contributed by atoms with E-state index >= 15 is 0 Å². The van der Waals surface area contributed by atoms with Gasteiger partial charge in [0.05, 0.1) is 11.9 Å². The Kier molecular flexibility index (Phi) is 3.03. The molecular weight excluding hydrogens is 242 g/mol. The summed E-state index contributed by atoms with van der Waals surface area (Å²) in [6.07, 6.45) is 3.84. The largest absolute Gasteiger partial charge is 0.454 e. The Morgan fingerprint density at radius 2 is 2.26 bits per heavy atom. The molecule has 0 spiro atoms. The monoisotopic (exact) mass is 259 g/mol. The molecule has 0 bridgehead atoms. The standard InChI is InChI=1S/C14H17N3O2/c1-10(2)17-8-12(7-16-17)15-6-11-4-3-5-13-14(11)19-9-18-13/h3-5,7-8,10,15H,6,9H2,1-2H3. The third kappa shape index (κ3) is 2.36. The first-order chi connectivity index (χ1) is 9.24. The van der Waals surface area contributed by atoms with Crippen LogP contribution in [0.4, 0.5) is 5.69 Å². The van der Waals surface area contributed by atoms with Crippen molar-refractivity contribution >= 4 is 5.69 Å². The van der Waals surface area contributed by atoms with Crippen LogP contribution >= 0.6 is 0 Å². The molecule has 19 heavy (non-hydrogen) atoms. The molecule has 1 N–H and O–H groups in total. The minimum atomic E-state index is 0.303. The molecule has 100 valence electrons. The van der Waals surface area contributed by atoms with E-state index in [2.05, 4.69) is 24.3 Å². The summed E-state index contributed by atoms with van der Waals surface area (Å²) in [7, 11) is 0. The molecule has 0 aliphatic carbocycles. The van der Waals surface area contributed by atoms with E-state index in [1.54, 1.807) is 0 Å². The second-order valence-electron chi connectivity index (χ2n) is 4.81. The number of nitrogens with zero attached hydrogens (tertiary/aromatic N) is 2. The van der Waals surface area contributed by atoms with Gasteiger partial charge in [0.15, 0.2) is 11.5 Å². The van der Waals surface area contributed by atoms with Crippen molar-refractivity contribution in [1.82, 2.24) is 9.78 Å². The van der Waals surface area contributed by atoms with Crippen LogP contribution in [0.25, 0.3) is 0 Å². The fourth-order valence-electron chi connectivity index (χ4n) is 2.04. The topological polar surface area (TPSA) is 48.3 Å². The summed E-state index contributed by atoms with van der Waals surface area (Å²) in [5.74, 6) is 1.66. The van der Waals surface area contributed by atoms with Crippen LogP contribution < -0.4 is 14.8 Å². The predicted octanol–water partition coefficient (Wildman–Crippen LogP) is 2.80. The van der Waals surface area contributed by atoms with Crippen LogP contribution in [0.15, 0.2) is 30.6 Å². The number of anilines is 1. The Morgan fingerprint density at radius 1 is 1.37 bits per heavy atom. The highest BCUT2D eigenvalue weighted by Crippen LogP contribution is 2.35. The van der Waals surface area contributed by atoms with Gasteiger partial charge in [0.2, 0.25) is 6.79 Å². The van der Waals surface area contributed by atoms with Gasteiger partial charge in [-0.1, -0.05) is 12.1 Å². The zero-order valence-electron chi connectivity index (χ0n) is 11.1. The Hall–Kier alpha value is -2.17. The number of para-hydroxylation sites is 1. The van der Waals surface area contributed by atoms with Gasteiger partial charge in [-0.15, -0.1) is 0 Å². The second kappa shape index (κ2) is 4.84. The molecule has 1 aromatic carbocycles. The zero-order valence-corrected chi connectivity index (χ0v) is 11.1. The van der Waals surface area contributed by atoms with Crippen molar-refractivity contribution in [2.75, 3.05) is 12.1 Å². The van der Waals surface area contributed by atoms with Crippen LogP contribution in [0.3, 0.4) is 0 Å². The van der Waals surface area contributed by atoms with E-state index < -0.39 is 0 Å². The highest BCUT2D eigenvalue weighted by molar-refractivity contribution is 5.50. The fourth-order valence-corrected chi connectivity index (χ4v) is 2.04. The van der Waals surface area contributed by atoms with E-state index in [4.69, 9.17) is 9.47 Å². The van der Waals surface area contributed by atoms with Gasteiger partial charge in [0.25, 0.3) is 0 Å². The number of rotatable bonds is 4. The van der Waals surface area contributed by atoms with Gasteiger partial charge in [-0.2, -0.15) is 5.10 Å². The summed E-state index contributed by atoms with van der Waals surface area (Å²) in [6.45, 7) is 5.20. The number of nitrogens with one attached hydrogen (secondary N) is 1. The molecular formula is C14H17N3O2. The number of hydrogen-bond acceptors (Lipinski definition) is 4. The molecule has 0 radical (unpaired) electrons. The molecule has 2 heterocycles. The van der Waals surface area contributed by atoms with Crippen molar-refractivity contribution in [1.29, 1.82) is 0 Å². The maximum absolute atomic E-state index is 5.48. The molecule has 3 rings (SSSR count). The molecule has 0 atom stereocenters. The normalized spacial score (nSPS) is 13.0. The van der Waals surface area contributed by atoms with Crippen molar-refractivity contribution in [3.8, 4) is 11.5 Å². The SMILES string of the molecule is CC(C)n1cc(NCc2cccc3c2OCO3)cn1. The van der Waals surface area contributed by atoms with Gasteiger partial charge in [0.1, 0.15) is 0 Å². The van der Waals surface area contributed by atoms with Crippen LogP contribution in [0.2, 0.25) is 0 Å². The molecule has 1 aromatic heterocycles. The summed E-state index contributed by atoms with van der Waals surface area (Å²) >= 11 is 0. The highest BCUT2D eigenvalue weighted by Gasteiger charge is 2.16. The molecule has 0 unspecified atom stereocenters. The Morgan fingerprint density at radius 3 is 3.05 bits per heavy atom. The third-order valence-corrected chi connectivity index (χ3v) is 3.09. The number of benzene rings is 1. The van der Waals surface area contributed by atoms with Gasteiger partial charge in [0, 0.05) is 24.3 Å². The van der Waals surface area contributed by atoms with Gasteiger partial charge in [-0.05, 0) is 19.9 Å². The van der Waals surface area contributed by atoms with Gasteiger partial charge in [-0.25, -0.2) is 0 Å². The molecule has 2 aromatic rings. The number of hydrogen-bond donors (Lipinski definition) is 1. The Labute approximate surface area is 112 Å². The van der Waals surface area contributed by atoms with E-state index in [1.807, 2.05) is 35.3 Å². The van der Waals surface area contributed by atoms with E-state index in [0.29, 0.717) is 19.4 Å². The lowest BCUT2D eigenvalue weighted by atomic mass is 10.2. The minimum Gasteiger partial charge on any atom is -0.454 e. The van der Waals surface area contributed by atoms with Gasteiger partial charge < -0.3 is 14.8 Å². The maximum atomic E-state index is 5.48. The average molecular weight is 259 g/mol. The number of ether oxygens (including phenoxy) is 2. The minimum absolute atomic E-state index is 0.303. The van der Waals surface area contributed by atoms with Gasteiger partial charge in [-0.3, -0.25) is 4.68 Å². The Bertz CT molecular complexity index is 578. The average Bonchev–Trinajstić information content (AvgIpc) is 3.05. The molecule has 0 amide bonds. The zero-order chi connectivity index (χ0) is 13.2. The van der Waals surface area contributed by atoms with Crippen LogP contribution in [0.1, 0.15) is 25.5 Å². The van der Waals surface area contributed by atoms with Crippen molar-refractivity contribution in [2.24, 2.45) is 0 Å². The van der Waals surface area contributed by atoms with E-state index in [-0.39, 0.29) is 0 Å². The number of aromatic nitrogens is 2. The first kappa shape index (κ1) is 11.9. The van der Waals surface area contributed by atoms with Crippen molar-refractivity contribution in [3.05, 3.63) is 36.2 Å². The summed E-state index contributed by atoms with van der Waals surface area (Å²) in [6, 6.07) is 6.30. The molecule has 5 heteroatoms. The second-order valence-corrected chi connectivity index (χ2v) is 4.81. The molecule has 1 aliphatic heterocycles. The van der Waals surface area contributed by atoms with Crippen molar-refractivity contribution < 1.29 is 9.47 Å². The molecule has 0 saturated heterocycles. The summed E-state index contributed by atoms with van der Waals surface area (Å²) < 4.78 is 12.8. The highest BCUT2D eigenvalue weighted by atomic mass is 16.7. The van der Waals surface area contributed by atoms with E-state index in [9.17, 15) is 0 Å². The first-order valence-corrected chi connectivity index (χ1v) is 6.39. The smallest absolute Gasteiger partial charge is 0.231 e. The summed E-state index contributed by atoms with van der Waals surface area (Å²) in [4.78, 5) is 0. The van der Waals surface area contributed by atoms with Gasteiger partial charge >= 0.3 is 0 Å². The lowest BCUT2D eigenvalue weighted by Crippen LogP contribution is -2.02. The maximum Gasteiger partial charge on any atom is 0.231 e. The van der Waals surface area contributed by atoms with Crippen molar-refractivity contribution in [2.45, 2.75) is 26.4 Å². The first-order valence-electron chi connectivity index (χ1n) is 6.39. The van der Waals surface area contributed by atoms with E-state index in [1.165, 1.54) is 0 Å². The predicted molar refractivity (Wildman–Crippen MR) is 72.5 cm³/mol. The molecule has 5 nitrogen and oxygen atoms in total. The van der Waals surface area contributed by atoms with E-state index in [0.717, 1.165) is 22.7 Å². The third-order valence-electron chi connectivity index (χ3n) is 3.09. The summed E-state index contributed by atoms with van der Waals surface area (Å²) in [5.41, 5.74) is 2.09. The lowest BCUT2D eigenvalue weighted by molar-refractivity contribution is 0.173. The van der Waals surface area contributed by atoms with Crippen molar-refractivity contribution in [3.63, 3.8) is 0 Å². The van der Waals surface area contributed by atoms with Crippen LogP contribution in [-0.4, -0.2) is 16.6 Å². The fraction of sp³-hybridized carbons (Fsp3) is 0.357. The van der Waals surface area contributed by atoms with Crippen LogP contribution in [0.5, 0.6) is 11.5 Å². The lowest BCUT2D eigenvalue weighted by Gasteiger charge is -2.07. The molecule has 0 fully saturated rings. The quantitative estimate of drug-likeness (QED) is 0.917. The number of fused-ring (bicyclic) bond motifs is 1. The molecule has 0 saturated carbocycles. The molecule has 1 aliphatic rings. The van der Waals surface area contributed by atoms with Crippen LogP contribution in [-0.2, 0) is 6.54 Å². The summed E-state index contributed by atoms with van der Waals surface area (Å²) in [5, 5.41) is 7.65. The Balaban J connectivity index is 1.71.